The van der Waals surface area contributed by atoms with Crippen LogP contribution in [0.2, 0.25) is 5.02 Å². The molecule has 2 saturated heterocycles. The van der Waals surface area contributed by atoms with Crippen LogP contribution in [0.4, 0.5) is 10.1 Å². The SMILES string of the molecule is C=CCc1cccc(C2C3=CCC4C(=O)N(C5CCCCC5)C(=O)C4C3CC3C(=O)N(Nc4ccc(F)cc4)C(=O)C32c2ccc(Cl)cc2)c1O. The number of aromatic hydroxyl groups is 1. The molecule has 51 heavy (non-hydrogen) atoms. The first-order valence-corrected chi connectivity index (χ1v) is 18.2. The third-order valence-corrected chi connectivity index (χ3v) is 12.3. The third kappa shape index (κ3) is 5.06. The molecule has 8 nitrogen and oxygen atoms in total. The van der Waals surface area contributed by atoms with Gasteiger partial charge in [0.25, 0.3) is 11.8 Å². The molecule has 8 rings (SSSR count). The van der Waals surface area contributed by atoms with Crippen LogP contribution in [-0.2, 0) is 31.0 Å². The minimum absolute atomic E-state index is 0.0130. The number of phenols is 1. The summed E-state index contributed by atoms with van der Waals surface area (Å²) in [6.45, 7) is 3.86. The zero-order chi connectivity index (χ0) is 35.6. The molecule has 0 radical (unpaired) electrons. The number of para-hydroxylation sites is 1. The lowest BCUT2D eigenvalue weighted by Crippen LogP contribution is -2.53. The monoisotopic (exact) mass is 707 g/mol. The number of halogens is 2. The fraction of sp³-hybridized carbons (Fsp3) is 0.366. The van der Waals surface area contributed by atoms with Gasteiger partial charge in [-0.2, -0.15) is 5.01 Å². The Hall–Kier alpha value is -4.76. The Morgan fingerprint density at radius 3 is 2.35 bits per heavy atom. The van der Waals surface area contributed by atoms with Crippen molar-refractivity contribution in [3.63, 3.8) is 0 Å². The first-order valence-electron chi connectivity index (χ1n) is 17.8. The number of carbonyl (C=O) groups is 4. The average Bonchev–Trinajstić information content (AvgIpc) is 3.51. The fourth-order valence-corrected chi connectivity index (χ4v) is 10.0. The van der Waals surface area contributed by atoms with E-state index in [2.05, 4.69) is 12.0 Å². The van der Waals surface area contributed by atoms with E-state index >= 15 is 4.79 Å². The van der Waals surface area contributed by atoms with Gasteiger partial charge in [0.15, 0.2) is 0 Å². The second kappa shape index (κ2) is 12.8. The molecule has 6 unspecified atom stereocenters. The highest BCUT2D eigenvalue weighted by atomic mass is 35.5. The van der Waals surface area contributed by atoms with Crippen molar-refractivity contribution >= 4 is 40.9 Å². The van der Waals surface area contributed by atoms with Crippen LogP contribution in [0.1, 0.15) is 67.6 Å². The summed E-state index contributed by atoms with van der Waals surface area (Å²) in [5, 5.41) is 13.4. The molecule has 262 valence electrons. The van der Waals surface area contributed by atoms with Crippen LogP contribution in [-0.4, -0.2) is 44.7 Å². The Labute approximate surface area is 300 Å². The van der Waals surface area contributed by atoms with Crippen molar-refractivity contribution < 1.29 is 28.7 Å². The molecule has 4 fully saturated rings. The molecular weight excluding hydrogens is 669 g/mol. The molecule has 2 N–H and O–H groups in total. The van der Waals surface area contributed by atoms with Crippen molar-refractivity contribution in [2.45, 2.75) is 68.7 Å². The van der Waals surface area contributed by atoms with Crippen molar-refractivity contribution in [2.24, 2.45) is 23.7 Å². The number of phenolic OH excluding ortho intramolecular Hbond substituents is 1. The van der Waals surface area contributed by atoms with Crippen molar-refractivity contribution in [3.05, 3.63) is 119 Å². The average molecular weight is 708 g/mol. The number of benzene rings is 3. The van der Waals surface area contributed by atoms with Gasteiger partial charge < -0.3 is 5.11 Å². The van der Waals surface area contributed by atoms with Crippen LogP contribution in [0.5, 0.6) is 5.75 Å². The summed E-state index contributed by atoms with van der Waals surface area (Å²) in [4.78, 5) is 60.2. The van der Waals surface area contributed by atoms with Gasteiger partial charge in [-0.25, -0.2) is 4.39 Å². The Bertz CT molecular complexity index is 1970. The van der Waals surface area contributed by atoms with Crippen molar-refractivity contribution in [1.29, 1.82) is 0 Å². The topological polar surface area (TPSA) is 107 Å². The zero-order valence-corrected chi connectivity index (χ0v) is 28.8. The molecule has 6 atom stereocenters. The molecule has 4 amide bonds. The number of likely N-dealkylation sites (tertiary alicyclic amines) is 1. The Morgan fingerprint density at radius 2 is 1.65 bits per heavy atom. The molecule has 2 saturated carbocycles. The lowest BCUT2D eigenvalue weighted by atomic mass is 9.49. The molecule has 10 heteroatoms. The summed E-state index contributed by atoms with van der Waals surface area (Å²) in [6, 6.07) is 17.5. The number of rotatable bonds is 7. The van der Waals surface area contributed by atoms with Gasteiger partial charge in [-0.05, 0) is 85.5 Å². The maximum atomic E-state index is 15.3. The van der Waals surface area contributed by atoms with Crippen molar-refractivity contribution in [1.82, 2.24) is 9.91 Å². The maximum Gasteiger partial charge on any atom is 0.260 e. The standard InChI is InChI=1S/C41H39ClFN3O5/c1-2-7-23-8-6-11-31(36(23)47)35-29-20-21-30-34(39(50)45(37(30)48)28-9-4-3-5-10-28)32(29)22-33-38(49)46(44-27-18-16-26(43)17-19-27)40(51)41(33,35)24-12-14-25(42)15-13-24/h2,6,8,11-20,28,30,32-35,44,47H,1,3-5,7,9-10,21-22H2. The minimum atomic E-state index is -1.57. The fourth-order valence-electron chi connectivity index (χ4n) is 9.89. The van der Waals surface area contributed by atoms with E-state index in [1.807, 2.05) is 12.1 Å². The highest BCUT2D eigenvalue weighted by molar-refractivity contribution is 6.30. The number of fused-ring (bicyclic) bond motifs is 4. The molecule has 5 aliphatic rings. The number of amides is 4. The summed E-state index contributed by atoms with van der Waals surface area (Å²) in [5.41, 5.74) is 4.10. The number of nitrogens with one attached hydrogen (secondary N) is 1. The van der Waals surface area contributed by atoms with Crippen LogP contribution in [0.15, 0.2) is 91.0 Å². The molecule has 0 spiro atoms. The quantitative estimate of drug-likeness (QED) is 0.198. The van der Waals surface area contributed by atoms with E-state index in [-0.39, 0.29) is 30.0 Å². The number of nitrogens with zero attached hydrogens (tertiary/aromatic N) is 2. The second-order valence-electron chi connectivity index (χ2n) is 14.6. The van der Waals surface area contributed by atoms with E-state index in [1.165, 1.54) is 29.2 Å². The lowest BCUT2D eigenvalue weighted by Gasteiger charge is -2.50. The summed E-state index contributed by atoms with van der Waals surface area (Å²) < 4.78 is 13.9. The van der Waals surface area contributed by atoms with Crippen LogP contribution >= 0.6 is 11.6 Å². The van der Waals surface area contributed by atoms with E-state index in [0.717, 1.165) is 42.7 Å². The first-order chi connectivity index (χ1) is 24.7. The van der Waals surface area contributed by atoms with Gasteiger partial charge >= 0.3 is 0 Å². The molecule has 2 aliphatic heterocycles. The number of anilines is 1. The zero-order valence-electron chi connectivity index (χ0n) is 28.1. The lowest BCUT2D eigenvalue weighted by molar-refractivity contribution is -0.144. The maximum absolute atomic E-state index is 15.3. The number of hydrogen-bond donors (Lipinski definition) is 2. The third-order valence-electron chi connectivity index (χ3n) is 12.1. The first kappa shape index (κ1) is 33.4. The van der Waals surface area contributed by atoms with Gasteiger partial charge in [0.1, 0.15) is 11.6 Å². The number of carbonyl (C=O) groups excluding carboxylic acids is 4. The van der Waals surface area contributed by atoms with Crippen LogP contribution in [0.3, 0.4) is 0 Å². The van der Waals surface area contributed by atoms with Gasteiger partial charge in [0.2, 0.25) is 11.8 Å². The van der Waals surface area contributed by atoms with E-state index in [1.54, 1.807) is 42.5 Å². The molecule has 3 aliphatic carbocycles. The van der Waals surface area contributed by atoms with E-state index in [0.29, 0.717) is 40.2 Å². The van der Waals surface area contributed by atoms with E-state index in [9.17, 15) is 23.9 Å². The highest BCUT2D eigenvalue weighted by Gasteiger charge is 2.70. The van der Waals surface area contributed by atoms with E-state index in [4.69, 9.17) is 11.6 Å². The summed E-state index contributed by atoms with van der Waals surface area (Å²) >= 11 is 6.38. The highest BCUT2D eigenvalue weighted by Crippen LogP contribution is 2.65. The van der Waals surface area contributed by atoms with Crippen LogP contribution in [0.25, 0.3) is 0 Å². The Balaban J connectivity index is 1.33. The number of hydrazine groups is 1. The number of imide groups is 2. The minimum Gasteiger partial charge on any atom is -0.507 e. The smallest absolute Gasteiger partial charge is 0.260 e. The van der Waals surface area contributed by atoms with Gasteiger partial charge in [-0.15, -0.1) is 6.58 Å². The Kier molecular flexibility index (Phi) is 8.37. The summed E-state index contributed by atoms with van der Waals surface area (Å²) in [5.74, 6) is -5.52. The molecular formula is C41H39ClFN3O5. The molecule has 0 bridgehead atoms. The number of allylic oxidation sites excluding steroid dienone is 3. The molecule has 3 aromatic carbocycles. The normalized spacial score (nSPS) is 29.1. The molecule has 3 aromatic rings. The van der Waals surface area contributed by atoms with Crippen molar-refractivity contribution in [3.8, 4) is 5.75 Å². The Morgan fingerprint density at radius 1 is 0.922 bits per heavy atom. The van der Waals surface area contributed by atoms with Gasteiger partial charge in [0.05, 0.1) is 28.9 Å². The van der Waals surface area contributed by atoms with E-state index < -0.39 is 52.6 Å². The summed E-state index contributed by atoms with van der Waals surface area (Å²) in [6.07, 6.45) is 9.08. The van der Waals surface area contributed by atoms with Crippen LogP contribution in [0, 0.1) is 29.5 Å². The van der Waals surface area contributed by atoms with Crippen molar-refractivity contribution in [2.75, 3.05) is 5.43 Å². The summed E-state index contributed by atoms with van der Waals surface area (Å²) in [7, 11) is 0. The van der Waals surface area contributed by atoms with Gasteiger partial charge in [-0.3, -0.25) is 29.5 Å². The second-order valence-corrected chi connectivity index (χ2v) is 15.0. The van der Waals surface area contributed by atoms with Gasteiger partial charge in [-0.1, -0.05) is 78.9 Å². The molecule has 0 aromatic heterocycles. The number of hydrogen-bond acceptors (Lipinski definition) is 6. The predicted octanol–water partition coefficient (Wildman–Crippen LogP) is 7.23. The predicted molar refractivity (Wildman–Crippen MR) is 190 cm³/mol. The largest absolute Gasteiger partial charge is 0.507 e. The molecule has 2 heterocycles. The van der Waals surface area contributed by atoms with Gasteiger partial charge in [0, 0.05) is 22.5 Å². The van der Waals surface area contributed by atoms with Crippen LogP contribution < -0.4 is 5.43 Å².